The lowest BCUT2D eigenvalue weighted by atomic mass is 10.2. The van der Waals surface area contributed by atoms with Gasteiger partial charge in [0.15, 0.2) is 11.6 Å². The molecule has 0 fully saturated rings. The lowest BCUT2D eigenvalue weighted by Crippen LogP contribution is -2.12. The Balaban J connectivity index is 1.35. The number of nitrogens with zero attached hydrogens (tertiary/aromatic N) is 2. The zero-order chi connectivity index (χ0) is 21.6. The van der Waals surface area contributed by atoms with Crippen LogP contribution in [0.2, 0.25) is 5.02 Å². The maximum absolute atomic E-state index is 12.5. The number of hydrogen-bond donors (Lipinski definition) is 1. The van der Waals surface area contributed by atoms with Crippen molar-refractivity contribution in [1.82, 2.24) is 9.78 Å². The summed E-state index contributed by atoms with van der Waals surface area (Å²) in [6.07, 6.45) is 1.67. The average Bonchev–Trinajstić information content (AvgIpc) is 3.40. The Hall–Kier alpha value is -3.71. The molecule has 31 heavy (non-hydrogen) atoms. The van der Waals surface area contributed by atoms with E-state index in [1.54, 1.807) is 54.4 Å². The SMILES string of the molecule is COc1ccc(OCc2ccc(C(=O)Nc3nn(Cc4ccccc4)cc3Cl)o2)cc1. The number of benzene rings is 2. The van der Waals surface area contributed by atoms with Gasteiger partial charge < -0.3 is 19.2 Å². The summed E-state index contributed by atoms with van der Waals surface area (Å²) in [7, 11) is 1.60. The van der Waals surface area contributed by atoms with E-state index < -0.39 is 5.91 Å². The standard InChI is InChI=1S/C23H20ClN3O4/c1-29-17-7-9-18(10-8-17)30-15-19-11-12-21(31-19)23(28)25-22-20(24)14-27(26-22)13-16-5-3-2-4-6-16/h2-12,14H,13,15H2,1H3,(H,25,26,28). The third-order valence-electron chi connectivity index (χ3n) is 4.46. The van der Waals surface area contributed by atoms with Gasteiger partial charge >= 0.3 is 0 Å². The average molecular weight is 438 g/mol. The van der Waals surface area contributed by atoms with Gasteiger partial charge in [-0.2, -0.15) is 5.10 Å². The lowest BCUT2D eigenvalue weighted by molar-refractivity contribution is 0.0992. The first-order chi connectivity index (χ1) is 15.1. The van der Waals surface area contributed by atoms with Crippen molar-refractivity contribution >= 4 is 23.3 Å². The summed E-state index contributed by atoms with van der Waals surface area (Å²) >= 11 is 6.23. The molecule has 1 amide bonds. The molecule has 0 atom stereocenters. The van der Waals surface area contributed by atoms with E-state index in [0.29, 0.717) is 23.1 Å². The summed E-state index contributed by atoms with van der Waals surface area (Å²) in [5.41, 5.74) is 1.08. The second-order valence-corrected chi connectivity index (χ2v) is 7.10. The van der Waals surface area contributed by atoms with Crippen LogP contribution in [-0.2, 0) is 13.2 Å². The zero-order valence-corrected chi connectivity index (χ0v) is 17.5. The van der Waals surface area contributed by atoms with E-state index in [9.17, 15) is 4.79 Å². The minimum Gasteiger partial charge on any atom is -0.497 e. The molecule has 0 aliphatic carbocycles. The number of amides is 1. The quantitative estimate of drug-likeness (QED) is 0.419. The Bertz CT molecular complexity index is 1150. The van der Waals surface area contributed by atoms with Gasteiger partial charge in [-0.25, -0.2) is 0 Å². The summed E-state index contributed by atoms with van der Waals surface area (Å²) in [4.78, 5) is 12.5. The van der Waals surface area contributed by atoms with Crippen molar-refractivity contribution in [3.05, 3.63) is 95.0 Å². The number of furan rings is 1. The molecule has 4 aromatic rings. The van der Waals surface area contributed by atoms with E-state index in [1.807, 2.05) is 30.3 Å². The minimum atomic E-state index is -0.442. The second-order valence-electron chi connectivity index (χ2n) is 6.69. The Morgan fingerprint density at radius 2 is 1.81 bits per heavy atom. The van der Waals surface area contributed by atoms with Crippen molar-refractivity contribution < 1.29 is 18.7 Å². The summed E-state index contributed by atoms with van der Waals surface area (Å²) in [6, 6.07) is 20.3. The molecule has 2 heterocycles. The number of ether oxygens (including phenoxy) is 2. The molecule has 2 aromatic heterocycles. The molecule has 4 rings (SSSR count). The highest BCUT2D eigenvalue weighted by molar-refractivity contribution is 6.33. The van der Waals surface area contributed by atoms with Crippen LogP contribution >= 0.6 is 11.6 Å². The van der Waals surface area contributed by atoms with Crippen LogP contribution in [0.3, 0.4) is 0 Å². The second kappa shape index (κ2) is 9.40. The third kappa shape index (κ3) is 5.26. The zero-order valence-electron chi connectivity index (χ0n) is 16.7. The highest BCUT2D eigenvalue weighted by atomic mass is 35.5. The van der Waals surface area contributed by atoms with Crippen molar-refractivity contribution in [1.29, 1.82) is 0 Å². The molecule has 0 spiro atoms. The van der Waals surface area contributed by atoms with Gasteiger partial charge in [0.25, 0.3) is 5.91 Å². The largest absolute Gasteiger partial charge is 0.497 e. The summed E-state index contributed by atoms with van der Waals surface area (Å²) in [6.45, 7) is 0.732. The molecular formula is C23H20ClN3O4. The van der Waals surface area contributed by atoms with E-state index in [0.717, 1.165) is 11.3 Å². The fraction of sp³-hybridized carbons (Fsp3) is 0.130. The summed E-state index contributed by atoms with van der Waals surface area (Å²) < 4.78 is 18.0. The van der Waals surface area contributed by atoms with Gasteiger partial charge in [0.2, 0.25) is 0 Å². The molecule has 7 nitrogen and oxygen atoms in total. The monoisotopic (exact) mass is 437 g/mol. The van der Waals surface area contributed by atoms with Gasteiger partial charge in [-0.15, -0.1) is 0 Å². The summed E-state index contributed by atoms with van der Waals surface area (Å²) in [5, 5.41) is 7.37. The molecule has 0 unspecified atom stereocenters. The van der Waals surface area contributed by atoms with E-state index in [2.05, 4.69) is 10.4 Å². The normalized spacial score (nSPS) is 10.6. The fourth-order valence-corrected chi connectivity index (χ4v) is 3.10. The van der Waals surface area contributed by atoms with Gasteiger partial charge in [-0.1, -0.05) is 41.9 Å². The molecule has 1 N–H and O–H groups in total. The number of methoxy groups -OCH3 is 1. The molecule has 2 aromatic carbocycles. The van der Waals surface area contributed by atoms with E-state index >= 15 is 0 Å². The van der Waals surface area contributed by atoms with Gasteiger partial charge in [0.1, 0.15) is 28.9 Å². The van der Waals surface area contributed by atoms with Crippen molar-refractivity contribution in [2.24, 2.45) is 0 Å². The number of carbonyl (C=O) groups excluding carboxylic acids is 1. The van der Waals surface area contributed by atoms with Gasteiger partial charge in [0.05, 0.1) is 13.7 Å². The first-order valence-electron chi connectivity index (χ1n) is 9.54. The molecule has 8 heteroatoms. The smallest absolute Gasteiger partial charge is 0.292 e. The number of anilines is 1. The molecule has 0 saturated heterocycles. The van der Waals surface area contributed by atoms with Crippen LogP contribution in [0.25, 0.3) is 0 Å². The Kier molecular flexibility index (Phi) is 6.24. The number of halogens is 1. The number of nitrogens with one attached hydrogen (secondary N) is 1. The van der Waals surface area contributed by atoms with Crippen molar-refractivity contribution in [2.45, 2.75) is 13.2 Å². The molecule has 0 saturated carbocycles. The van der Waals surface area contributed by atoms with Crippen molar-refractivity contribution in [3.63, 3.8) is 0 Å². The van der Waals surface area contributed by atoms with Crippen molar-refractivity contribution in [2.75, 3.05) is 12.4 Å². The van der Waals surface area contributed by atoms with Crippen LogP contribution in [0.5, 0.6) is 11.5 Å². The molecule has 0 bridgehead atoms. The Labute approximate surface area is 184 Å². The number of aromatic nitrogens is 2. The number of rotatable bonds is 8. The Morgan fingerprint density at radius 3 is 2.55 bits per heavy atom. The van der Waals surface area contributed by atoms with Gasteiger partial charge in [0, 0.05) is 6.20 Å². The Morgan fingerprint density at radius 1 is 1.06 bits per heavy atom. The van der Waals surface area contributed by atoms with E-state index in [1.165, 1.54) is 0 Å². The van der Waals surface area contributed by atoms with Crippen LogP contribution in [0.1, 0.15) is 21.9 Å². The molecular weight excluding hydrogens is 418 g/mol. The molecule has 0 aliphatic heterocycles. The van der Waals surface area contributed by atoms with Gasteiger partial charge in [-0.05, 0) is 42.0 Å². The van der Waals surface area contributed by atoms with Crippen LogP contribution < -0.4 is 14.8 Å². The predicted molar refractivity (Wildman–Crippen MR) is 117 cm³/mol. The van der Waals surface area contributed by atoms with Crippen LogP contribution in [0, 0.1) is 0 Å². The maximum atomic E-state index is 12.5. The molecule has 158 valence electrons. The minimum absolute atomic E-state index is 0.141. The van der Waals surface area contributed by atoms with E-state index in [-0.39, 0.29) is 18.2 Å². The molecule has 0 radical (unpaired) electrons. The van der Waals surface area contributed by atoms with Gasteiger partial charge in [-0.3, -0.25) is 9.48 Å². The lowest BCUT2D eigenvalue weighted by Gasteiger charge is -2.05. The third-order valence-corrected chi connectivity index (χ3v) is 4.74. The van der Waals surface area contributed by atoms with E-state index in [4.69, 9.17) is 25.5 Å². The van der Waals surface area contributed by atoms with Crippen molar-refractivity contribution in [3.8, 4) is 11.5 Å². The van der Waals surface area contributed by atoms with Crippen LogP contribution in [0.15, 0.2) is 77.3 Å². The first-order valence-corrected chi connectivity index (χ1v) is 9.92. The highest BCUT2D eigenvalue weighted by Crippen LogP contribution is 2.22. The molecule has 0 aliphatic rings. The number of hydrogen-bond acceptors (Lipinski definition) is 5. The number of carbonyl (C=O) groups is 1. The fourth-order valence-electron chi connectivity index (χ4n) is 2.91. The topological polar surface area (TPSA) is 78.5 Å². The predicted octanol–water partition coefficient (Wildman–Crippen LogP) is 5.02. The first kappa shape index (κ1) is 20.6. The highest BCUT2D eigenvalue weighted by Gasteiger charge is 2.16. The van der Waals surface area contributed by atoms with Crippen LogP contribution in [0.4, 0.5) is 5.82 Å². The van der Waals surface area contributed by atoms with Crippen LogP contribution in [-0.4, -0.2) is 22.8 Å². The summed E-state index contributed by atoms with van der Waals surface area (Å²) in [5.74, 6) is 1.90. The maximum Gasteiger partial charge on any atom is 0.292 e.